The van der Waals surface area contributed by atoms with Crippen LogP contribution in [-0.4, -0.2) is 23.8 Å². The molecule has 1 aromatic carbocycles. The number of hydrogen-bond donors (Lipinski definition) is 3. The van der Waals surface area contributed by atoms with Crippen molar-refractivity contribution in [3.63, 3.8) is 0 Å². The third kappa shape index (κ3) is 5.30. The van der Waals surface area contributed by atoms with Gasteiger partial charge in [-0.2, -0.15) is 0 Å². The van der Waals surface area contributed by atoms with E-state index in [2.05, 4.69) is 24.5 Å². The van der Waals surface area contributed by atoms with Crippen LogP contribution in [-0.2, 0) is 0 Å². The van der Waals surface area contributed by atoms with Crippen molar-refractivity contribution in [1.29, 1.82) is 0 Å². The Morgan fingerprint density at radius 2 is 2.11 bits per heavy atom. The first-order valence-electron chi connectivity index (χ1n) is 6.85. The van der Waals surface area contributed by atoms with Gasteiger partial charge in [0.2, 0.25) is 0 Å². The lowest BCUT2D eigenvalue weighted by Crippen LogP contribution is -2.38. The Hall–Kier alpha value is -1.55. The Labute approximate surface area is 115 Å². The molecule has 2 amide bonds. The van der Waals surface area contributed by atoms with Gasteiger partial charge >= 0.3 is 6.03 Å². The summed E-state index contributed by atoms with van der Waals surface area (Å²) < 4.78 is 0. The highest BCUT2D eigenvalue weighted by Crippen LogP contribution is 2.18. The van der Waals surface area contributed by atoms with E-state index in [9.17, 15) is 4.79 Å². The van der Waals surface area contributed by atoms with Crippen LogP contribution in [0.25, 0.3) is 0 Å². The number of carbonyl (C=O) groups excluding carboxylic acids is 1. The molecule has 0 aliphatic carbocycles. The van der Waals surface area contributed by atoms with E-state index in [0.717, 1.165) is 12.1 Å². The number of anilines is 1. The first-order valence-corrected chi connectivity index (χ1v) is 6.85. The number of rotatable bonds is 6. The van der Waals surface area contributed by atoms with Crippen LogP contribution in [0.2, 0.25) is 0 Å². The van der Waals surface area contributed by atoms with Crippen molar-refractivity contribution in [1.82, 2.24) is 5.32 Å². The maximum atomic E-state index is 11.8. The van der Waals surface area contributed by atoms with Gasteiger partial charge in [-0.05, 0) is 36.5 Å². The largest absolute Gasteiger partial charge is 0.396 e. The number of carbonyl (C=O) groups is 1. The molecule has 0 heterocycles. The van der Waals surface area contributed by atoms with Gasteiger partial charge in [0, 0.05) is 18.3 Å². The third-order valence-electron chi connectivity index (χ3n) is 3.12. The van der Waals surface area contributed by atoms with Gasteiger partial charge in [-0.1, -0.05) is 32.9 Å². The zero-order valence-electron chi connectivity index (χ0n) is 11.9. The van der Waals surface area contributed by atoms with Gasteiger partial charge in [0.15, 0.2) is 0 Å². The Balaban J connectivity index is 2.58. The molecule has 4 heteroatoms. The Bertz CT molecular complexity index is 405. The lowest BCUT2D eigenvalue weighted by molar-refractivity contribution is 0.237. The summed E-state index contributed by atoms with van der Waals surface area (Å²) in [5.41, 5.74) is 1.99. The molecule has 0 spiro atoms. The standard InChI is InChI=1S/C15H24N2O2/c1-4-13(8-9-18)16-15(19)17-14-7-5-6-12(10-14)11(2)3/h5-7,10-11,13,18H,4,8-9H2,1-3H3,(H2,16,17,19). The van der Waals surface area contributed by atoms with Crippen molar-refractivity contribution in [2.75, 3.05) is 11.9 Å². The van der Waals surface area contributed by atoms with Crippen LogP contribution in [0.5, 0.6) is 0 Å². The first kappa shape index (κ1) is 15.5. The number of aliphatic hydroxyl groups excluding tert-OH is 1. The van der Waals surface area contributed by atoms with Crippen molar-refractivity contribution in [2.45, 2.75) is 45.6 Å². The summed E-state index contributed by atoms with van der Waals surface area (Å²) in [6.45, 7) is 6.31. The molecule has 3 N–H and O–H groups in total. The normalized spacial score (nSPS) is 12.3. The van der Waals surface area contributed by atoms with E-state index in [-0.39, 0.29) is 18.7 Å². The smallest absolute Gasteiger partial charge is 0.319 e. The maximum Gasteiger partial charge on any atom is 0.319 e. The lowest BCUT2D eigenvalue weighted by Gasteiger charge is -2.16. The summed E-state index contributed by atoms with van der Waals surface area (Å²) >= 11 is 0. The second-order valence-electron chi connectivity index (χ2n) is 5.00. The second kappa shape index (κ2) is 7.79. The van der Waals surface area contributed by atoms with E-state index < -0.39 is 0 Å². The number of aliphatic hydroxyl groups is 1. The molecule has 0 aromatic heterocycles. The van der Waals surface area contributed by atoms with Crippen LogP contribution in [0.15, 0.2) is 24.3 Å². The van der Waals surface area contributed by atoms with Gasteiger partial charge in [0.25, 0.3) is 0 Å². The molecule has 0 saturated carbocycles. The summed E-state index contributed by atoms with van der Waals surface area (Å²) in [5, 5.41) is 14.6. The lowest BCUT2D eigenvalue weighted by atomic mass is 10.0. The van der Waals surface area contributed by atoms with Crippen molar-refractivity contribution >= 4 is 11.7 Å². The molecular formula is C15H24N2O2. The van der Waals surface area contributed by atoms with E-state index in [1.807, 2.05) is 31.2 Å². The summed E-state index contributed by atoms with van der Waals surface area (Å²) in [4.78, 5) is 11.8. The molecule has 106 valence electrons. The summed E-state index contributed by atoms with van der Waals surface area (Å²) in [5.74, 6) is 0.433. The highest BCUT2D eigenvalue weighted by atomic mass is 16.3. The molecule has 1 atom stereocenters. The van der Waals surface area contributed by atoms with Gasteiger partial charge < -0.3 is 15.7 Å². The molecule has 1 unspecified atom stereocenters. The maximum absolute atomic E-state index is 11.8. The Morgan fingerprint density at radius 3 is 2.68 bits per heavy atom. The van der Waals surface area contributed by atoms with E-state index in [4.69, 9.17) is 5.11 Å². The SMILES string of the molecule is CCC(CCO)NC(=O)Nc1cccc(C(C)C)c1. The molecule has 1 rings (SSSR count). The second-order valence-corrected chi connectivity index (χ2v) is 5.00. The Morgan fingerprint density at radius 1 is 1.37 bits per heavy atom. The minimum Gasteiger partial charge on any atom is -0.396 e. The number of amides is 2. The zero-order valence-corrected chi connectivity index (χ0v) is 11.9. The quantitative estimate of drug-likeness (QED) is 0.739. The summed E-state index contributed by atoms with van der Waals surface area (Å²) in [6, 6.07) is 7.64. The third-order valence-corrected chi connectivity index (χ3v) is 3.12. The van der Waals surface area contributed by atoms with Crippen LogP contribution >= 0.6 is 0 Å². The fourth-order valence-corrected chi connectivity index (χ4v) is 1.86. The fraction of sp³-hybridized carbons (Fsp3) is 0.533. The van der Waals surface area contributed by atoms with Crippen molar-refractivity contribution in [3.8, 4) is 0 Å². The highest BCUT2D eigenvalue weighted by molar-refractivity contribution is 5.89. The number of urea groups is 1. The molecule has 0 fully saturated rings. The zero-order chi connectivity index (χ0) is 14.3. The monoisotopic (exact) mass is 264 g/mol. The van der Waals surface area contributed by atoms with Crippen LogP contribution in [0.4, 0.5) is 10.5 Å². The minimum atomic E-state index is -0.221. The predicted octanol–water partition coefficient (Wildman–Crippen LogP) is 3.09. The van der Waals surface area contributed by atoms with E-state index in [0.29, 0.717) is 12.3 Å². The van der Waals surface area contributed by atoms with Crippen molar-refractivity contribution in [2.24, 2.45) is 0 Å². The van der Waals surface area contributed by atoms with E-state index in [1.165, 1.54) is 5.56 Å². The summed E-state index contributed by atoms with van der Waals surface area (Å²) in [6.07, 6.45) is 1.38. The van der Waals surface area contributed by atoms with Gasteiger partial charge in [-0.3, -0.25) is 0 Å². The molecule has 0 saturated heterocycles. The number of benzene rings is 1. The molecule has 1 aromatic rings. The molecule has 0 bridgehead atoms. The van der Waals surface area contributed by atoms with Crippen LogP contribution in [0.3, 0.4) is 0 Å². The van der Waals surface area contributed by atoms with Crippen molar-refractivity contribution < 1.29 is 9.90 Å². The average Bonchev–Trinajstić information content (AvgIpc) is 2.38. The Kier molecular flexibility index (Phi) is 6.36. The van der Waals surface area contributed by atoms with Crippen LogP contribution < -0.4 is 10.6 Å². The minimum absolute atomic E-state index is 0.0123. The molecule has 0 aliphatic heterocycles. The van der Waals surface area contributed by atoms with Gasteiger partial charge in [-0.15, -0.1) is 0 Å². The summed E-state index contributed by atoms with van der Waals surface area (Å²) in [7, 11) is 0. The molecular weight excluding hydrogens is 240 g/mol. The van der Waals surface area contributed by atoms with E-state index >= 15 is 0 Å². The van der Waals surface area contributed by atoms with E-state index in [1.54, 1.807) is 0 Å². The van der Waals surface area contributed by atoms with Gasteiger partial charge in [0.05, 0.1) is 0 Å². The molecule has 19 heavy (non-hydrogen) atoms. The van der Waals surface area contributed by atoms with Gasteiger partial charge in [-0.25, -0.2) is 4.79 Å². The topological polar surface area (TPSA) is 61.4 Å². The van der Waals surface area contributed by atoms with Crippen molar-refractivity contribution in [3.05, 3.63) is 29.8 Å². The highest BCUT2D eigenvalue weighted by Gasteiger charge is 2.10. The number of nitrogens with one attached hydrogen (secondary N) is 2. The fourth-order valence-electron chi connectivity index (χ4n) is 1.86. The number of hydrogen-bond acceptors (Lipinski definition) is 2. The molecule has 4 nitrogen and oxygen atoms in total. The first-order chi connectivity index (χ1) is 9.06. The van der Waals surface area contributed by atoms with Crippen LogP contribution in [0, 0.1) is 0 Å². The predicted molar refractivity (Wildman–Crippen MR) is 78.5 cm³/mol. The molecule has 0 radical (unpaired) electrons. The van der Waals surface area contributed by atoms with Crippen LogP contribution in [0.1, 0.15) is 45.1 Å². The molecule has 0 aliphatic rings. The van der Waals surface area contributed by atoms with Gasteiger partial charge in [0.1, 0.15) is 0 Å². The average molecular weight is 264 g/mol.